The van der Waals surface area contributed by atoms with Crippen LogP contribution in [0.4, 0.5) is 5.00 Å². The number of anilines is 1. The predicted octanol–water partition coefficient (Wildman–Crippen LogP) is 3.44. The molecule has 0 bridgehead atoms. The van der Waals surface area contributed by atoms with Gasteiger partial charge in [0, 0.05) is 24.1 Å². The SMILES string of the molecule is CC(=O)c1nn(-c2sc3c(c2C#N)CC(C)(C)CC3=O)c(=N)c2c(N)scc12. The molecule has 0 unspecified atom stereocenters. The first-order valence-electron chi connectivity index (χ1n) is 8.59. The summed E-state index contributed by atoms with van der Waals surface area (Å²) < 4.78 is 1.28. The molecule has 0 atom stereocenters. The maximum absolute atomic E-state index is 12.7. The minimum atomic E-state index is -0.256. The number of thiophene rings is 2. The highest BCUT2D eigenvalue weighted by atomic mass is 32.1. The fraction of sp³-hybridized carbons (Fsp3) is 0.316. The Morgan fingerprint density at radius 1 is 1.43 bits per heavy atom. The van der Waals surface area contributed by atoms with Crippen molar-refractivity contribution in [3.63, 3.8) is 0 Å². The number of nitrogens with zero attached hydrogens (tertiary/aromatic N) is 3. The van der Waals surface area contributed by atoms with E-state index in [1.54, 1.807) is 5.38 Å². The van der Waals surface area contributed by atoms with Crippen molar-refractivity contribution in [2.45, 2.75) is 33.6 Å². The summed E-state index contributed by atoms with van der Waals surface area (Å²) in [6, 6.07) is 2.19. The van der Waals surface area contributed by atoms with E-state index in [0.717, 1.165) is 11.3 Å². The van der Waals surface area contributed by atoms with E-state index in [2.05, 4.69) is 11.2 Å². The van der Waals surface area contributed by atoms with Gasteiger partial charge in [-0.2, -0.15) is 10.4 Å². The van der Waals surface area contributed by atoms with Gasteiger partial charge in [0.15, 0.2) is 17.1 Å². The summed E-state index contributed by atoms with van der Waals surface area (Å²) >= 11 is 2.40. The van der Waals surface area contributed by atoms with Crippen molar-refractivity contribution < 1.29 is 9.59 Å². The molecular formula is C19H17N5O2S2. The van der Waals surface area contributed by atoms with Crippen LogP contribution in [0.2, 0.25) is 0 Å². The molecule has 3 heterocycles. The maximum Gasteiger partial charge on any atom is 0.180 e. The van der Waals surface area contributed by atoms with E-state index >= 15 is 0 Å². The highest BCUT2D eigenvalue weighted by Crippen LogP contribution is 2.42. The summed E-state index contributed by atoms with van der Waals surface area (Å²) in [7, 11) is 0. The summed E-state index contributed by atoms with van der Waals surface area (Å²) in [5, 5.41) is 26.3. The van der Waals surface area contributed by atoms with Crippen molar-refractivity contribution in [2.24, 2.45) is 5.41 Å². The van der Waals surface area contributed by atoms with Gasteiger partial charge in [-0.15, -0.1) is 22.7 Å². The molecule has 4 rings (SSSR count). The van der Waals surface area contributed by atoms with Gasteiger partial charge < -0.3 is 5.73 Å². The van der Waals surface area contributed by atoms with Crippen LogP contribution in [-0.4, -0.2) is 21.3 Å². The Bertz CT molecular complexity index is 1290. The van der Waals surface area contributed by atoms with E-state index in [1.165, 1.54) is 22.9 Å². The molecule has 0 saturated carbocycles. The third kappa shape index (κ3) is 2.60. The molecule has 28 heavy (non-hydrogen) atoms. The van der Waals surface area contributed by atoms with Gasteiger partial charge in [0.2, 0.25) is 0 Å². The molecule has 0 amide bonds. The first-order chi connectivity index (χ1) is 13.1. The largest absolute Gasteiger partial charge is 0.390 e. The normalized spacial score (nSPS) is 15.4. The van der Waals surface area contributed by atoms with E-state index in [0.29, 0.717) is 49.6 Å². The Hall–Kier alpha value is -2.83. The number of carbonyl (C=O) groups excluding carboxylic acids is 2. The maximum atomic E-state index is 12.7. The predicted molar refractivity (Wildman–Crippen MR) is 108 cm³/mol. The molecule has 3 N–H and O–H groups in total. The first kappa shape index (κ1) is 18.5. The van der Waals surface area contributed by atoms with Gasteiger partial charge >= 0.3 is 0 Å². The molecule has 0 saturated heterocycles. The Kier molecular flexibility index (Phi) is 4.03. The van der Waals surface area contributed by atoms with Crippen molar-refractivity contribution in [1.29, 1.82) is 10.7 Å². The number of carbonyl (C=O) groups is 2. The number of Topliss-reactive ketones (excluding diaryl/α,β-unsaturated/α-hetero) is 2. The fourth-order valence-corrected chi connectivity index (χ4v) is 5.64. The topological polar surface area (TPSA) is 126 Å². The van der Waals surface area contributed by atoms with Gasteiger partial charge in [-0.3, -0.25) is 15.0 Å². The smallest absolute Gasteiger partial charge is 0.180 e. The summed E-state index contributed by atoms with van der Waals surface area (Å²) in [6.07, 6.45) is 1.01. The third-order valence-corrected chi connectivity index (χ3v) is 6.96. The Morgan fingerprint density at radius 2 is 2.14 bits per heavy atom. The number of rotatable bonds is 2. The average Bonchev–Trinajstić information content (AvgIpc) is 3.15. The summed E-state index contributed by atoms with van der Waals surface area (Å²) in [6.45, 7) is 5.40. The van der Waals surface area contributed by atoms with E-state index in [9.17, 15) is 14.9 Å². The lowest BCUT2D eigenvalue weighted by molar-refractivity contribution is 0.0916. The number of nitrogens with one attached hydrogen (secondary N) is 1. The Labute approximate surface area is 168 Å². The molecule has 142 valence electrons. The minimum Gasteiger partial charge on any atom is -0.390 e. The van der Waals surface area contributed by atoms with Crippen molar-refractivity contribution in [1.82, 2.24) is 9.78 Å². The van der Waals surface area contributed by atoms with Crippen molar-refractivity contribution >= 4 is 50.0 Å². The standard InChI is InChI=1S/C19H17N5O2S2/c1-8(25)14-11-7-27-17(22)13(11)16(21)24(23-14)18-10(6-20)9-4-19(2,3)5-12(26)15(9)28-18/h7,21H,4-5,22H2,1-3H3. The minimum absolute atomic E-state index is 0.000515. The van der Waals surface area contributed by atoms with E-state index in [1.807, 2.05) is 13.8 Å². The van der Waals surface area contributed by atoms with Crippen LogP contribution in [0.3, 0.4) is 0 Å². The molecule has 3 aromatic heterocycles. The molecule has 1 aliphatic rings. The van der Waals surface area contributed by atoms with Gasteiger partial charge in [0.05, 0.1) is 20.8 Å². The lowest BCUT2D eigenvalue weighted by Gasteiger charge is -2.28. The second-order valence-corrected chi connectivity index (χ2v) is 9.61. The number of aromatic nitrogens is 2. The average molecular weight is 412 g/mol. The molecule has 0 spiro atoms. The Balaban J connectivity index is 2.08. The van der Waals surface area contributed by atoms with Crippen LogP contribution in [0, 0.1) is 22.2 Å². The van der Waals surface area contributed by atoms with Crippen molar-refractivity contribution in [3.05, 3.63) is 32.6 Å². The van der Waals surface area contributed by atoms with Gasteiger partial charge in [-0.05, 0) is 17.4 Å². The van der Waals surface area contributed by atoms with Crippen LogP contribution >= 0.6 is 22.7 Å². The number of fused-ring (bicyclic) bond motifs is 2. The number of nitrogens with two attached hydrogens (primary N) is 1. The highest BCUT2D eigenvalue weighted by molar-refractivity contribution is 7.17. The van der Waals surface area contributed by atoms with Crippen LogP contribution in [0.15, 0.2) is 5.38 Å². The lowest BCUT2D eigenvalue weighted by Crippen LogP contribution is -2.26. The zero-order chi connectivity index (χ0) is 20.4. The monoisotopic (exact) mass is 411 g/mol. The molecule has 7 nitrogen and oxygen atoms in total. The molecular weight excluding hydrogens is 394 g/mol. The zero-order valence-corrected chi connectivity index (χ0v) is 17.2. The van der Waals surface area contributed by atoms with Gasteiger partial charge in [0.25, 0.3) is 0 Å². The van der Waals surface area contributed by atoms with Crippen LogP contribution < -0.4 is 11.2 Å². The third-order valence-electron chi connectivity index (χ3n) is 4.90. The number of hydrogen-bond donors (Lipinski definition) is 2. The summed E-state index contributed by atoms with van der Waals surface area (Å²) in [4.78, 5) is 25.4. The first-order valence-corrected chi connectivity index (χ1v) is 10.3. The van der Waals surface area contributed by atoms with Crippen LogP contribution in [-0.2, 0) is 6.42 Å². The molecule has 3 aromatic rings. The number of nitrogen functional groups attached to an aromatic ring is 1. The number of nitriles is 1. The second kappa shape index (κ2) is 6.09. The Morgan fingerprint density at radius 3 is 2.79 bits per heavy atom. The van der Waals surface area contributed by atoms with E-state index in [-0.39, 0.29) is 28.2 Å². The molecule has 0 aliphatic heterocycles. The number of ketones is 2. The van der Waals surface area contributed by atoms with Crippen molar-refractivity contribution in [3.8, 4) is 11.1 Å². The van der Waals surface area contributed by atoms with Crippen LogP contribution in [0.1, 0.15) is 58.5 Å². The zero-order valence-electron chi connectivity index (χ0n) is 15.5. The molecule has 0 radical (unpaired) electrons. The molecule has 9 heteroatoms. The van der Waals surface area contributed by atoms with Gasteiger partial charge in [-0.25, -0.2) is 4.68 Å². The number of hydrogen-bond acceptors (Lipinski definition) is 8. The highest BCUT2D eigenvalue weighted by Gasteiger charge is 2.36. The fourth-order valence-electron chi connectivity index (χ4n) is 3.67. The second-order valence-electron chi connectivity index (χ2n) is 7.70. The molecule has 1 aliphatic carbocycles. The summed E-state index contributed by atoms with van der Waals surface area (Å²) in [5.74, 6) is -0.261. The van der Waals surface area contributed by atoms with E-state index < -0.39 is 0 Å². The van der Waals surface area contributed by atoms with Crippen molar-refractivity contribution in [2.75, 3.05) is 5.73 Å². The van der Waals surface area contributed by atoms with E-state index in [4.69, 9.17) is 11.1 Å². The van der Waals surface area contributed by atoms with Crippen LogP contribution in [0.25, 0.3) is 15.8 Å². The lowest BCUT2D eigenvalue weighted by atomic mass is 9.75. The van der Waals surface area contributed by atoms with Gasteiger partial charge in [0.1, 0.15) is 16.8 Å². The van der Waals surface area contributed by atoms with Gasteiger partial charge in [-0.1, -0.05) is 13.8 Å². The summed E-state index contributed by atoms with van der Waals surface area (Å²) in [5.41, 5.74) is 7.06. The molecule has 0 aromatic carbocycles. The molecule has 0 fully saturated rings. The quantitative estimate of drug-likeness (QED) is 0.625. The van der Waals surface area contributed by atoms with Crippen LogP contribution in [0.5, 0.6) is 0 Å².